The normalized spacial score (nSPS) is 13.8. The summed E-state index contributed by atoms with van der Waals surface area (Å²) in [6, 6.07) is 11.3. The van der Waals surface area contributed by atoms with Gasteiger partial charge in [-0.25, -0.2) is 14.4 Å². The number of aliphatic carboxylic acids is 2. The summed E-state index contributed by atoms with van der Waals surface area (Å²) in [6.45, 7) is 3.48. The zero-order chi connectivity index (χ0) is 21.1. The van der Waals surface area contributed by atoms with Crippen LogP contribution in [-0.4, -0.2) is 50.7 Å². The minimum absolute atomic E-state index is 0.106. The maximum Gasteiger partial charge on any atom is 0.360 e. The maximum absolute atomic E-state index is 12.9. The smallest absolute Gasteiger partial charge is 0.360 e. The number of aliphatic hydroxyl groups excluding tert-OH is 1. The first-order valence-electron chi connectivity index (χ1n) is 8.15. The number of ketones is 1. The van der Waals surface area contributed by atoms with Gasteiger partial charge in [-0.15, -0.1) is 0 Å². The fourth-order valence-corrected chi connectivity index (χ4v) is 2.47. The van der Waals surface area contributed by atoms with Crippen LogP contribution in [-0.2, 0) is 14.3 Å². The molecule has 2 rings (SSSR count). The Labute approximate surface area is 160 Å². The summed E-state index contributed by atoms with van der Waals surface area (Å²) in [4.78, 5) is 48.7. The number of carboxylic acids is 2. The zero-order valence-electron chi connectivity index (χ0n) is 15.1. The van der Waals surface area contributed by atoms with Crippen LogP contribution >= 0.6 is 0 Å². The molecule has 2 aromatic rings. The molecule has 0 radical (unpaired) electrons. The van der Waals surface area contributed by atoms with Gasteiger partial charge in [0.25, 0.3) is 0 Å². The number of carbonyl (C=O) groups excluding carboxylic acids is 2. The van der Waals surface area contributed by atoms with Gasteiger partial charge in [0.15, 0.2) is 0 Å². The van der Waals surface area contributed by atoms with Gasteiger partial charge in [-0.1, -0.05) is 47.5 Å². The van der Waals surface area contributed by atoms with Gasteiger partial charge in [-0.05, 0) is 26.0 Å². The number of benzene rings is 2. The second-order valence-corrected chi connectivity index (χ2v) is 6.23. The van der Waals surface area contributed by atoms with Crippen molar-refractivity contribution in [3.05, 3.63) is 70.8 Å². The summed E-state index contributed by atoms with van der Waals surface area (Å²) in [7, 11) is 0. The predicted octanol–water partition coefficient (Wildman–Crippen LogP) is 1.61. The Morgan fingerprint density at radius 1 is 0.821 bits per heavy atom. The number of ether oxygens (including phenoxy) is 1. The van der Waals surface area contributed by atoms with E-state index >= 15 is 0 Å². The van der Waals surface area contributed by atoms with Crippen LogP contribution in [0.3, 0.4) is 0 Å². The van der Waals surface area contributed by atoms with Crippen LogP contribution in [0.4, 0.5) is 0 Å². The molecule has 28 heavy (non-hydrogen) atoms. The highest BCUT2D eigenvalue weighted by atomic mass is 16.6. The molecule has 2 aromatic carbocycles. The number of aryl methyl sites for hydroxylation is 2. The molecule has 0 amide bonds. The molecule has 8 heteroatoms. The molecular formula is C20H18O8. The summed E-state index contributed by atoms with van der Waals surface area (Å²) < 4.78 is 4.88. The average molecular weight is 386 g/mol. The van der Waals surface area contributed by atoms with Gasteiger partial charge < -0.3 is 20.1 Å². The summed E-state index contributed by atoms with van der Waals surface area (Å²) in [5.41, 5.74) is -2.13. The molecule has 3 N–H and O–H groups in total. The van der Waals surface area contributed by atoms with E-state index in [1.54, 1.807) is 26.0 Å². The van der Waals surface area contributed by atoms with Crippen molar-refractivity contribution in [1.29, 1.82) is 0 Å². The van der Waals surface area contributed by atoms with E-state index in [4.69, 9.17) is 9.84 Å². The lowest BCUT2D eigenvalue weighted by molar-refractivity contribution is -0.176. The molecule has 0 heterocycles. The number of hydrogen-bond acceptors (Lipinski definition) is 6. The molecule has 0 saturated heterocycles. The lowest BCUT2D eigenvalue weighted by Gasteiger charge is -2.30. The number of aliphatic hydroxyl groups is 1. The van der Waals surface area contributed by atoms with Crippen LogP contribution in [0, 0.1) is 13.8 Å². The van der Waals surface area contributed by atoms with Crippen LogP contribution < -0.4 is 0 Å². The van der Waals surface area contributed by atoms with Gasteiger partial charge in [-0.3, -0.25) is 4.79 Å². The second-order valence-electron chi connectivity index (χ2n) is 6.23. The van der Waals surface area contributed by atoms with Gasteiger partial charge in [0.2, 0.25) is 11.9 Å². The summed E-state index contributed by atoms with van der Waals surface area (Å²) in [6.07, 6.45) is -2.83. The van der Waals surface area contributed by atoms with E-state index in [0.717, 1.165) is 11.1 Å². The van der Waals surface area contributed by atoms with Crippen molar-refractivity contribution in [2.75, 3.05) is 0 Å². The fraction of sp³-hybridized carbons (Fsp3) is 0.200. The molecule has 0 saturated carbocycles. The summed E-state index contributed by atoms with van der Waals surface area (Å²) >= 11 is 0. The van der Waals surface area contributed by atoms with Crippen molar-refractivity contribution in [1.82, 2.24) is 0 Å². The van der Waals surface area contributed by atoms with E-state index < -0.39 is 35.4 Å². The lowest BCUT2D eigenvalue weighted by Crippen LogP contribution is -2.61. The van der Waals surface area contributed by atoms with Crippen LogP contribution in [0.25, 0.3) is 0 Å². The number of Topliss-reactive ketones (excluding diaryl/α,β-unsaturated/α-hetero) is 1. The van der Waals surface area contributed by atoms with E-state index in [1.807, 2.05) is 0 Å². The third-order valence-electron chi connectivity index (χ3n) is 4.13. The van der Waals surface area contributed by atoms with E-state index in [-0.39, 0.29) is 11.1 Å². The van der Waals surface area contributed by atoms with Crippen molar-refractivity contribution < 1.29 is 39.2 Å². The number of hydrogen-bond donors (Lipinski definition) is 3. The zero-order valence-corrected chi connectivity index (χ0v) is 15.1. The molecule has 0 unspecified atom stereocenters. The van der Waals surface area contributed by atoms with Crippen molar-refractivity contribution in [2.45, 2.75) is 25.6 Å². The molecular weight excluding hydrogens is 368 g/mol. The third-order valence-corrected chi connectivity index (χ3v) is 4.13. The van der Waals surface area contributed by atoms with Gasteiger partial charge in [-0.2, -0.15) is 0 Å². The van der Waals surface area contributed by atoms with Crippen molar-refractivity contribution >= 4 is 23.7 Å². The Hall–Kier alpha value is -3.52. The molecule has 0 aliphatic heterocycles. The van der Waals surface area contributed by atoms with E-state index in [0.29, 0.717) is 0 Å². The topological polar surface area (TPSA) is 138 Å². The Kier molecular flexibility index (Phi) is 5.95. The summed E-state index contributed by atoms with van der Waals surface area (Å²) in [5.74, 6) is -6.76. The fourth-order valence-electron chi connectivity index (χ4n) is 2.47. The van der Waals surface area contributed by atoms with Crippen molar-refractivity contribution in [3.63, 3.8) is 0 Å². The second kappa shape index (κ2) is 8.01. The highest BCUT2D eigenvalue weighted by Crippen LogP contribution is 2.26. The minimum Gasteiger partial charge on any atom is -0.479 e. The standard InChI is InChI=1S/C20H18O8/c1-11-3-7-13(8-4-11)15(21)20(19(26)27,16(22)17(23)24)28-18(25)14-9-5-12(2)6-10-14/h3-10,16,22H,1-2H3,(H,23,24)(H,26,27)/t16-,20+/m0/s1. The molecule has 2 atom stereocenters. The maximum atomic E-state index is 12.9. The number of rotatable bonds is 7. The van der Waals surface area contributed by atoms with Crippen molar-refractivity contribution in [2.24, 2.45) is 0 Å². The minimum atomic E-state index is -3.36. The molecule has 0 aliphatic rings. The quantitative estimate of drug-likeness (QED) is 0.371. The molecule has 8 nitrogen and oxygen atoms in total. The van der Waals surface area contributed by atoms with Gasteiger partial charge in [0.1, 0.15) is 0 Å². The SMILES string of the molecule is Cc1ccc(C(=O)O[C@](C(=O)O)(C(=O)c2ccc(C)cc2)[C@@H](O)C(=O)O)cc1. The first-order chi connectivity index (χ1) is 13.1. The van der Waals surface area contributed by atoms with Crippen LogP contribution in [0.5, 0.6) is 0 Å². The molecule has 146 valence electrons. The first kappa shape index (κ1) is 20.8. The number of esters is 1. The highest BCUT2D eigenvalue weighted by molar-refractivity contribution is 6.19. The third kappa shape index (κ3) is 3.91. The first-order valence-corrected chi connectivity index (χ1v) is 8.15. The van der Waals surface area contributed by atoms with E-state index in [1.165, 1.54) is 36.4 Å². The van der Waals surface area contributed by atoms with Gasteiger partial charge >= 0.3 is 23.5 Å². The van der Waals surface area contributed by atoms with Crippen LogP contribution in [0.1, 0.15) is 31.8 Å². The molecule has 0 aliphatic carbocycles. The predicted molar refractivity (Wildman–Crippen MR) is 96.1 cm³/mol. The molecule has 0 fully saturated rings. The number of carbonyl (C=O) groups is 4. The molecule has 0 aromatic heterocycles. The van der Waals surface area contributed by atoms with Crippen molar-refractivity contribution in [3.8, 4) is 0 Å². The van der Waals surface area contributed by atoms with E-state index in [2.05, 4.69) is 0 Å². The Morgan fingerprint density at radius 3 is 1.64 bits per heavy atom. The molecule has 0 spiro atoms. The monoisotopic (exact) mass is 386 g/mol. The lowest BCUT2D eigenvalue weighted by atomic mass is 9.86. The Balaban J connectivity index is 2.56. The van der Waals surface area contributed by atoms with Gasteiger partial charge in [0, 0.05) is 5.56 Å². The Bertz CT molecular complexity index is 914. The molecule has 0 bridgehead atoms. The Morgan fingerprint density at radius 2 is 1.25 bits per heavy atom. The van der Waals surface area contributed by atoms with E-state index in [9.17, 15) is 29.4 Å². The largest absolute Gasteiger partial charge is 0.479 e. The average Bonchev–Trinajstić information content (AvgIpc) is 2.65. The number of carboxylic acid groups (broad SMARTS) is 2. The van der Waals surface area contributed by atoms with Gasteiger partial charge in [0.05, 0.1) is 5.56 Å². The summed E-state index contributed by atoms with van der Waals surface area (Å²) in [5, 5.41) is 28.9. The van der Waals surface area contributed by atoms with Crippen LogP contribution in [0.2, 0.25) is 0 Å². The van der Waals surface area contributed by atoms with Crippen LogP contribution in [0.15, 0.2) is 48.5 Å². The highest BCUT2D eigenvalue weighted by Gasteiger charge is 2.59.